The molecule has 1 saturated heterocycles. The van der Waals surface area contributed by atoms with Crippen LogP contribution in [0.25, 0.3) is 0 Å². The number of rotatable bonds is 6. The third kappa shape index (κ3) is 4.65. The lowest BCUT2D eigenvalue weighted by Crippen LogP contribution is -2.47. The highest BCUT2D eigenvalue weighted by Crippen LogP contribution is 2.37. The van der Waals surface area contributed by atoms with E-state index in [1.165, 1.54) is 32.1 Å². The van der Waals surface area contributed by atoms with Crippen molar-refractivity contribution in [2.75, 3.05) is 44.7 Å². The second kappa shape index (κ2) is 8.23. The number of aliphatic hydroxyl groups excluding tert-OH is 1. The molecular weight excluding hydrogens is 304 g/mol. The second-order valence-corrected chi connectivity index (χ2v) is 7.27. The van der Waals surface area contributed by atoms with Crippen molar-refractivity contribution in [3.05, 3.63) is 17.6 Å². The molecule has 2 N–H and O–H groups in total. The Bertz CT molecular complexity index is 526. The molecular formula is C18H30N4O2. The Labute approximate surface area is 144 Å². The number of aromatic nitrogens is 2. The van der Waals surface area contributed by atoms with Crippen LogP contribution in [0.15, 0.2) is 6.07 Å². The van der Waals surface area contributed by atoms with Crippen LogP contribution in [0, 0.1) is 12.3 Å². The average Bonchev–Trinajstić information content (AvgIpc) is 2.61. The first-order chi connectivity index (χ1) is 11.7. The minimum absolute atomic E-state index is 0.116. The lowest BCUT2D eigenvalue weighted by Gasteiger charge is -2.42. The van der Waals surface area contributed by atoms with Gasteiger partial charge in [-0.15, -0.1) is 0 Å². The second-order valence-electron chi connectivity index (χ2n) is 7.27. The number of hydrogen-bond acceptors (Lipinski definition) is 6. The van der Waals surface area contributed by atoms with Crippen LogP contribution in [0.4, 0.5) is 5.82 Å². The van der Waals surface area contributed by atoms with E-state index in [9.17, 15) is 5.11 Å². The Balaban J connectivity index is 1.66. The maximum absolute atomic E-state index is 9.30. The largest absolute Gasteiger partial charge is 0.388 e. The van der Waals surface area contributed by atoms with Gasteiger partial charge in [0.15, 0.2) is 5.82 Å². The molecule has 1 aromatic heterocycles. The standard InChI is InChI=1S/C18H30N4O2/c1-15-11-16(21-17(12-23)20-15)19-13-18(5-3-2-4-6-18)14-22-7-9-24-10-8-22/h11,23H,2-10,12-14H2,1H3,(H,19,20,21). The van der Waals surface area contributed by atoms with Gasteiger partial charge in [-0.3, -0.25) is 4.90 Å². The number of nitrogens with zero attached hydrogens (tertiary/aromatic N) is 3. The van der Waals surface area contributed by atoms with Gasteiger partial charge in [-0.1, -0.05) is 19.3 Å². The van der Waals surface area contributed by atoms with E-state index in [0.717, 1.165) is 50.9 Å². The molecule has 0 unspecified atom stereocenters. The van der Waals surface area contributed by atoms with Crippen LogP contribution in [-0.4, -0.2) is 59.4 Å². The molecule has 2 heterocycles. The van der Waals surface area contributed by atoms with Crippen LogP contribution in [0.2, 0.25) is 0 Å². The van der Waals surface area contributed by atoms with Crippen LogP contribution in [0.5, 0.6) is 0 Å². The fraction of sp³-hybridized carbons (Fsp3) is 0.778. The zero-order valence-corrected chi connectivity index (χ0v) is 14.8. The number of aliphatic hydroxyl groups is 1. The van der Waals surface area contributed by atoms with E-state index in [-0.39, 0.29) is 6.61 Å². The molecule has 1 aliphatic carbocycles. The summed E-state index contributed by atoms with van der Waals surface area (Å²) in [7, 11) is 0. The Morgan fingerprint density at radius 3 is 2.67 bits per heavy atom. The molecule has 6 nitrogen and oxygen atoms in total. The fourth-order valence-electron chi connectivity index (χ4n) is 4.00. The third-order valence-electron chi connectivity index (χ3n) is 5.26. The summed E-state index contributed by atoms with van der Waals surface area (Å²) in [5.41, 5.74) is 1.20. The van der Waals surface area contributed by atoms with Gasteiger partial charge >= 0.3 is 0 Å². The van der Waals surface area contributed by atoms with E-state index in [1.807, 2.05) is 13.0 Å². The molecule has 0 spiro atoms. The van der Waals surface area contributed by atoms with Gasteiger partial charge in [-0.25, -0.2) is 9.97 Å². The quantitative estimate of drug-likeness (QED) is 0.829. The van der Waals surface area contributed by atoms with Crippen molar-refractivity contribution in [1.82, 2.24) is 14.9 Å². The number of aryl methyl sites for hydroxylation is 1. The molecule has 1 aliphatic heterocycles. The highest BCUT2D eigenvalue weighted by atomic mass is 16.5. The van der Waals surface area contributed by atoms with Gasteiger partial charge in [0.1, 0.15) is 12.4 Å². The Morgan fingerprint density at radius 2 is 1.96 bits per heavy atom. The van der Waals surface area contributed by atoms with E-state index in [4.69, 9.17) is 4.74 Å². The average molecular weight is 334 g/mol. The van der Waals surface area contributed by atoms with E-state index in [1.54, 1.807) is 0 Å². The molecule has 2 fully saturated rings. The van der Waals surface area contributed by atoms with E-state index in [2.05, 4.69) is 20.2 Å². The van der Waals surface area contributed by atoms with Crippen LogP contribution >= 0.6 is 0 Å². The van der Waals surface area contributed by atoms with Crippen molar-refractivity contribution in [1.29, 1.82) is 0 Å². The smallest absolute Gasteiger partial charge is 0.156 e. The predicted octanol–water partition coefficient (Wildman–Crippen LogP) is 1.97. The summed E-state index contributed by atoms with van der Waals surface area (Å²) in [6.07, 6.45) is 6.53. The van der Waals surface area contributed by atoms with Crippen molar-refractivity contribution in [3.8, 4) is 0 Å². The maximum Gasteiger partial charge on any atom is 0.156 e. The summed E-state index contributed by atoms with van der Waals surface area (Å²) in [6.45, 7) is 7.70. The number of anilines is 1. The van der Waals surface area contributed by atoms with Crippen molar-refractivity contribution < 1.29 is 9.84 Å². The summed E-state index contributed by atoms with van der Waals surface area (Å²) in [5.74, 6) is 1.32. The summed E-state index contributed by atoms with van der Waals surface area (Å²) in [5, 5.41) is 12.8. The maximum atomic E-state index is 9.30. The van der Waals surface area contributed by atoms with E-state index >= 15 is 0 Å². The topological polar surface area (TPSA) is 70.5 Å². The normalized spacial score (nSPS) is 21.6. The SMILES string of the molecule is Cc1cc(NCC2(CN3CCOCC3)CCCCC2)nc(CO)n1. The highest BCUT2D eigenvalue weighted by Gasteiger charge is 2.34. The molecule has 0 bridgehead atoms. The summed E-state index contributed by atoms with van der Waals surface area (Å²) >= 11 is 0. The molecule has 0 radical (unpaired) electrons. The molecule has 1 aromatic rings. The monoisotopic (exact) mass is 334 g/mol. The molecule has 1 saturated carbocycles. The Morgan fingerprint density at radius 1 is 1.21 bits per heavy atom. The van der Waals surface area contributed by atoms with Gasteiger partial charge in [-0.2, -0.15) is 0 Å². The number of hydrogen-bond donors (Lipinski definition) is 2. The lowest BCUT2D eigenvalue weighted by molar-refractivity contribution is 0.0102. The van der Waals surface area contributed by atoms with E-state index < -0.39 is 0 Å². The summed E-state index contributed by atoms with van der Waals surface area (Å²) < 4.78 is 5.49. The molecule has 3 rings (SSSR count). The van der Waals surface area contributed by atoms with Crippen molar-refractivity contribution in [2.45, 2.75) is 45.6 Å². The Kier molecular flexibility index (Phi) is 6.03. The number of morpholine rings is 1. The van der Waals surface area contributed by atoms with Gasteiger partial charge in [0.2, 0.25) is 0 Å². The first-order valence-corrected chi connectivity index (χ1v) is 9.19. The molecule has 24 heavy (non-hydrogen) atoms. The first kappa shape index (κ1) is 17.6. The van der Waals surface area contributed by atoms with Gasteiger partial charge in [0.25, 0.3) is 0 Å². The number of nitrogens with one attached hydrogen (secondary N) is 1. The lowest BCUT2D eigenvalue weighted by atomic mass is 9.73. The molecule has 0 amide bonds. The van der Waals surface area contributed by atoms with Gasteiger partial charge < -0.3 is 15.2 Å². The first-order valence-electron chi connectivity index (χ1n) is 9.19. The molecule has 6 heteroatoms. The van der Waals surface area contributed by atoms with Crippen molar-refractivity contribution in [2.24, 2.45) is 5.41 Å². The van der Waals surface area contributed by atoms with Gasteiger partial charge in [0.05, 0.1) is 13.2 Å². The highest BCUT2D eigenvalue weighted by molar-refractivity contribution is 5.36. The number of ether oxygens (including phenoxy) is 1. The summed E-state index contributed by atoms with van der Waals surface area (Å²) in [4.78, 5) is 11.2. The molecule has 0 aromatic carbocycles. The van der Waals surface area contributed by atoms with Crippen molar-refractivity contribution >= 4 is 5.82 Å². The van der Waals surface area contributed by atoms with E-state index in [0.29, 0.717) is 11.2 Å². The molecule has 134 valence electrons. The third-order valence-corrected chi connectivity index (χ3v) is 5.26. The predicted molar refractivity (Wildman–Crippen MR) is 94.0 cm³/mol. The van der Waals surface area contributed by atoms with Gasteiger partial charge in [0, 0.05) is 43.4 Å². The fourth-order valence-corrected chi connectivity index (χ4v) is 4.00. The van der Waals surface area contributed by atoms with Crippen LogP contribution in [-0.2, 0) is 11.3 Å². The summed E-state index contributed by atoms with van der Waals surface area (Å²) in [6, 6.07) is 1.96. The van der Waals surface area contributed by atoms with Crippen LogP contribution in [0.3, 0.4) is 0 Å². The van der Waals surface area contributed by atoms with Crippen LogP contribution in [0.1, 0.15) is 43.6 Å². The van der Waals surface area contributed by atoms with Crippen LogP contribution < -0.4 is 5.32 Å². The minimum atomic E-state index is -0.116. The van der Waals surface area contributed by atoms with Crippen molar-refractivity contribution in [3.63, 3.8) is 0 Å². The zero-order chi connectivity index (χ0) is 16.8. The molecule has 2 aliphatic rings. The zero-order valence-electron chi connectivity index (χ0n) is 14.8. The Hall–Kier alpha value is -1.24. The molecule has 0 atom stereocenters. The van der Waals surface area contributed by atoms with Gasteiger partial charge in [-0.05, 0) is 19.8 Å². The minimum Gasteiger partial charge on any atom is -0.388 e.